The van der Waals surface area contributed by atoms with Gasteiger partial charge in [-0.2, -0.15) is 5.10 Å². The predicted molar refractivity (Wildman–Crippen MR) is 111 cm³/mol. The predicted octanol–water partition coefficient (Wildman–Crippen LogP) is 2.49. The monoisotopic (exact) mass is 368 g/mol. The number of aliphatic imine (C=N–C) groups is 1. The third kappa shape index (κ3) is 6.40. The van der Waals surface area contributed by atoms with Gasteiger partial charge in [0.05, 0.1) is 6.54 Å². The highest BCUT2D eigenvalue weighted by Crippen LogP contribution is 2.20. The average Bonchev–Trinajstić information content (AvgIpc) is 3.36. The molecule has 1 aromatic carbocycles. The number of aromatic nitrogens is 2. The van der Waals surface area contributed by atoms with Crippen LogP contribution in [0.25, 0.3) is 0 Å². The van der Waals surface area contributed by atoms with Crippen LogP contribution in [0.15, 0.2) is 53.8 Å². The molecule has 1 unspecified atom stereocenters. The van der Waals surface area contributed by atoms with Gasteiger partial charge in [0.15, 0.2) is 5.96 Å². The van der Waals surface area contributed by atoms with Gasteiger partial charge >= 0.3 is 0 Å². The molecule has 6 nitrogen and oxygen atoms in total. The van der Waals surface area contributed by atoms with Crippen LogP contribution in [0.4, 0.5) is 0 Å². The molecule has 1 saturated heterocycles. The van der Waals surface area contributed by atoms with Gasteiger partial charge in [-0.05, 0) is 44.4 Å². The van der Waals surface area contributed by atoms with Crippen molar-refractivity contribution in [2.75, 3.05) is 26.2 Å². The molecule has 1 aliphatic heterocycles. The molecule has 6 heteroatoms. The van der Waals surface area contributed by atoms with Crippen molar-refractivity contribution in [1.82, 2.24) is 25.3 Å². The van der Waals surface area contributed by atoms with Gasteiger partial charge in [-0.15, -0.1) is 0 Å². The highest BCUT2D eigenvalue weighted by atomic mass is 15.3. The first-order valence-corrected chi connectivity index (χ1v) is 10.1. The van der Waals surface area contributed by atoms with Crippen molar-refractivity contribution in [3.05, 3.63) is 54.4 Å². The van der Waals surface area contributed by atoms with Crippen LogP contribution in [0.2, 0.25) is 0 Å². The molecule has 146 valence electrons. The van der Waals surface area contributed by atoms with E-state index in [1.54, 1.807) is 0 Å². The molecular formula is C21H32N6. The van der Waals surface area contributed by atoms with Crippen molar-refractivity contribution in [2.45, 2.75) is 45.3 Å². The zero-order chi connectivity index (χ0) is 18.7. The van der Waals surface area contributed by atoms with Gasteiger partial charge in [0.25, 0.3) is 0 Å². The fraction of sp³-hybridized carbons (Fsp3) is 0.524. The Morgan fingerprint density at radius 3 is 2.89 bits per heavy atom. The summed E-state index contributed by atoms with van der Waals surface area (Å²) < 4.78 is 1.96. The Labute approximate surface area is 162 Å². The van der Waals surface area contributed by atoms with Gasteiger partial charge in [0, 0.05) is 44.6 Å². The summed E-state index contributed by atoms with van der Waals surface area (Å²) in [6.45, 7) is 7.84. The maximum absolute atomic E-state index is 4.85. The van der Waals surface area contributed by atoms with Crippen molar-refractivity contribution >= 4 is 5.96 Å². The summed E-state index contributed by atoms with van der Waals surface area (Å²) in [5, 5.41) is 11.1. The van der Waals surface area contributed by atoms with Crippen molar-refractivity contribution in [3.63, 3.8) is 0 Å². The second-order valence-corrected chi connectivity index (χ2v) is 7.02. The number of nitrogens with zero attached hydrogens (tertiary/aromatic N) is 4. The Morgan fingerprint density at radius 2 is 2.11 bits per heavy atom. The number of likely N-dealkylation sites (tertiary alicyclic amines) is 1. The summed E-state index contributed by atoms with van der Waals surface area (Å²) in [6.07, 6.45) is 7.34. The lowest BCUT2D eigenvalue weighted by Gasteiger charge is -2.23. The van der Waals surface area contributed by atoms with Crippen LogP contribution in [0.5, 0.6) is 0 Å². The molecule has 0 amide bonds. The summed E-state index contributed by atoms with van der Waals surface area (Å²) in [5.41, 5.74) is 1.39. The highest BCUT2D eigenvalue weighted by Gasteiger charge is 2.24. The number of hydrogen-bond donors (Lipinski definition) is 2. The molecule has 1 atom stereocenters. The van der Waals surface area contributed by atoms with Crippen molar-refractivity contribution in [2.24, 2.45) is 4.99 Å². The molecule has 3 rings (SSSR count). The first-order valence-electron chi connectivity index (χ1n) is 10.1. The lowest BCUT2D eigenvalue weighted by Crippen LogP contribution is -2.39. The Bertz CT molecular complexity index is 667. The normalized spacial score (nSPS) is 18.0. The molecule has 0 bridgehead atoms. The molecule has 2 N–H and O–H groups in total. The SMILES string of the molecule is CCNC(=NCC1CCCN1Cc1ccccc1)NCCCn1cccn1. The van der Waals surface area contributed by atoms with E-state index in [2.05, 4.69) is 57.9 Å². The van der Waals surface area contributed by atoms with E-state index >= 15 is 0 Å². The molecule has 1 aliphatic rings. The van der Waals surface area contributed by atoms with Crippen molar-refractivity contribution < 1.29 is 0 Å². The maximum atomic E-state index is 4.85. The quantitative estimate of drug-likeness (QED) is 0.406. The molecule has 0 aliphatic carbocycles. The Morgan fingerprint density at radius 1 is 1.22 bits per heavy atom. The molecule has 2 aromatic rings. The second kappa shape index (κ2) is 10.7. The van der Waals surface area contributed by atoms with Crippen LogP contribution in [0, 0.1) is 0 Å². The van der Waals surface area contributed by atoms with Crippen LogP contribution < -0.4 is 10.6 Å². The Hall–Kier alpha value is -2.34. The van der Waals surface area contributed by atoms with Crippen molar-refractivity contribution in [3.8, 4) is 0 Å². The van der Waals surface area contributed by atoms with E-state index in [0.29, 0.717) is 6.04 Å². The van der Waals surface area contributed by atoms with Gasteiger partial charge in [-0.1, -0.05) is 30.3 Å². The minimum atomic E-state index is 0.532. The fourth-order valence-corrected chi connectivity index (χ4v) is 3.55. The van der Waals surface area contributed by atoms with E-state index in [9.17, 15) is 0 Å². The summed E-state index contributed by atoms with van der Waals surface area (Å²) in [4.78, 5) is 7.42. The highest BCUT2D eigenvalue weighted by molar-refractivity contribution is 5.79. The Kier molecular flexibility index (Phi) is 7.71. The molecule has 0 radical (unpaired) electrons. The average molecular weight is 369 g/mol. The summed E-state index contributed by atoms with van der Waals surface area (Å²) in [6, 6.07) is 13.2. The van der Waals surface area contributed by atoms with E-state index in [-0.39, 0.29) is 0 Å². The van der Waals surface area contributed by atoms with E-state index in [0.717, 1.165) is 45.1 Å². The molecular weight excluding hydrogens is 336 g/mol. The van der Waals surface area contributed by atoms with Gasteiger partial charge in [-0.3, -0.25) is 14.6 Å². The van der Waals surface area contributed by atoms with Gasteiger partial charge in [0.2, 0.25) is 0 Å². The lowest BCUT2D eigenvalue weighted by molar-refractivity contribution is 0.250. The standard InChI is InChI=1S/C21H32N6/c1-2-22-21(23-12-7-15-27-16-8-13-25-27)24-17-20-11-6-14-26(20)18-19-9-4-3-5-10-19/h3-5,8-10,13,16,20H,2,6-7,11-12,14-15,17-18H2,1H3,(H2,22,23,24). The molecule has 0 spiro atoms. The van der Waals surface area contributed by atoms with Gasteiger partial charge in [-0.25, -0.2) is 0 Å². The maximum Gasteiger partial charge on any atom is 0.191 e. The number of benzene rings is 1. The largest absolute Gasteiger partial charge is 0.357 e. The zero-order valence-corrected chi connectivity index (χ0v) is 16.3. The summed E-state index contributed by atoms with van der Waals surface area (Å²) >= 11 is 0. The first kappa shape index (κ1) is 19.4. The Balaban J connectivity index is 1.46. The van der Waals surface area contributed by atoms with E-state index in [1.165, 1.54) is 24.9 Å². The summed E-state index contributed by atoms with van der Waals surface area (Å²) in [5.74, 6) is 0.921. The third-order valence-corrected chi connectivity index (χ3v) is 4.95. The van der Waals surface area contributed by atoms with E-state index in [1.807, 2.05) is 23.1 Å². The number of hydrogen-bond acceptors (Lipinski definition) is 3. The van der Waals surface area contributed by atoms with Crippen LogP contribution >= 0.6 is 0 Å². The topological polar surface area (TPSA) is 57.5 Å². The smallest absolute Gasteiger partial charge is 0.191 e. The minimum absolute atomic E-state index is 0.532. The van der Waals surface area contributed by atoms with Crippen LogP contribution in [0.1, 0.15) is 31.7 Å². The van der Waals surface area contributed by atoms with Crippen LogP contribution in [0.3, 0.4) is 0 Å². The number of rotatable bonds is 9. The lowest BCUT2D eigenvalue weighted by atomic mass is 10.2. The second-order valence-electron chi connectivity index (χ2n) is 7.02. The van der Waals surface area contributed by atoms with E-state index < -0.39 is 0 Å². The number of guanidine groups is 1. The number of aryl methyl sites for hydroxylation is 1. The fourth-order valence-electron chi connectivity index (χ4n) is 3.55. The van der Waals surface area contributed by atoms with Gasteiger partial charge in [0.1, 0.15) is 0 Å². The summed E-state index contributed by atoms with van der Waals surface area (Å²) in [7, 11) is 0. The van der Waals surface area contributed by atoms with Gasteiger partial charge < -0.3 is 10.6 Å². The van der Waals surface area contributed by atoms with Crippen LogP contribution in [-0.2, 0) is 13.1 Å². The van der Waals surface area contributed by atoms with Crippen LogP contribution in [-0.4, -0.2) is 52.9 Å². The zero-order valence-electron chi connectivity index (χ0n) is 16.3. The molecule has 0 saturated carbocycles. The molecule has 2 heterocycles. The molecule has 27 heavy (non-hydrogen) atoms. The van der Waals surface area contributed by atoms with E-state index in [4.69, 9.17) is 4.99 Å². The third-order valence-electron chi connectivity index (χ3n) is 4.95. The number of nitrogens with one attached hydrogen (secondary N) is 2. The first-order chi connectivity index (χ1) is 13.3. The van der Waals surface area contributed by atoms with Crippen molar-refractivity contribution in [1.29, 1.82) is 0 Å². The minimum Gasteiger partial charge on any atom is -0.357 e. The molecule has 1 aromatic heterocycles. The molecule has 1 fully saturated rings.